The van der Waals surface area contributed by atoms with Gasteiger partial charge in [0.05, 0.1) is 5.69 Å². The molecule has 8 heteroatoms. The van der Waals surface area contributed by atoms with E-state index in [0.717, 1.165) is 78.4 Å². The number of nitrogen functional groups attached to an aromatic ring is 1. The Bertz CT molecular complexity index is 1800. The first-order valence-electron chi connectivity index (χ1n) is 15.7. The third-order valence-corrected chi connectivity index (χ3v) is 9.15. The van der Waals surface area contributed by atoms with E-state index >= 15 is 0 Å². The lowest BCUT2D eigenvalue weighted by Crippen LogP contribution is -2.45. The number of benzene rings is 3. The van der Waals surface area contributed by atoms with Crippen molar-refractivity contribution in [3.8, 4) is 22.5 Å². The van der Waals surface area contributed by atoms with Gasteiger partial charge in [-0.15, -0.1) is 0 Å². The average molecular weight is 586 g/mol. The summed E-state index contributed by atoms with van der Waals surface area (Å²) < 4.78 is 0. The zero-order valence-electron chi connectivity index (χ0n) is 25.4. The van der Waals surface area contributed by atoms with Crippen LogP contribution in [-0.4, -0.2) is 63.4 Å². The number of hydrogen-bond acceptors (Lipinski definition) is 6. The van der Waals surface area contributed by atoms with E-state index in [9.17, 15) is 4.79 Å². The summed E-state index contributed by atoms with van der Waals surface area (Å²) in [6, 6.07) is 24.7. The van der Waals surface area contributed by atoms with Crippen LogP contribution in [0.15, 0.2) is 72.8 Å². The summed E-state index contributed by atoms with van der Waals surface area (Å²) in [6.45, 7) is 10.8. The molecule has 44 heavy (non-hydrogen) atoms. The Morgan fingerprint density at radius 2 is 1.68 bits per heavy atom. The van der Waals surface area contributed by atoms with Gasteiger partial charge in [-0.3, -0.25) is 9.69 Å². The molecule has 1 saturated carbocycles. The highest BCUT2D eigenvalue weighted by molar-refractivity contribution is 6.05. The number of fused-ring (bicyclic) bond motifs is 1. The van der Waals surface area contributed by atoms with Gasteiger partial charge in [-0.2, -0.15) is 4.98 Å². The van der Waals surface area contributed by atoms with Gasteiger partial charge in [0.2, 0.25) is 5.95 Å². The molecule has 0 unspecified atom stereocenters. The van der Waals surface area contributed by atoms with Crippen molar-refractivity contribution < 1.29 is 4.79 Å². The Balaban J connectivity index is 1.12. The van der Waals surface area contributed by atoms with Gasteiger partial charge in [-0.1, -0.05) is 55.5 Å². The molecule has 8 nitrogen and oxygen atoms in total. The standard InChI is InChI=1S/C36H39N7O/c1-3-42-17-19-43(20-18-42)22-24-7-9-27(10-8-24)32-21-30-33(40-36(37)41-34(30)38-32)29-5-4-6-31(23(29)2)39-35(44)28-15-13-26(14-16-28)25-11-12-25/h4-10,13-16,21,25H,3,11-12,17-20,22H2,1-2H3,(H,39,44)(H3,37,38,40,41). The summed E-state index contributed by atoms with van der Waals surface area (Å²) in [5.41, 5.74) is 15.5. The minimum absolute atomic E-state index is 0.129. The molecular formula is C36H39N7O. The lowest BCUT2D eigenvalue weighted by molar-refractivity contribution is 0.102. The molecule has 3 aromatic carbocycles. The Labute approximate surface area is 258 Å². The number of nitrogens with zero attached hydrogens (tertiary/aromatic N) is 4. The first-order valence-corrected chi connectivity index (χ1v) is 15.7. The third kappa shape index (κ3) is 5.83. The van der Waals surface area contributed by atoms with Gasteiger partial charge in [0, 0.05) is 60.6 Å². The van der Waals surface area contributed by atoms with Crippen LogP contribution in [0.5, 0.6) is 0 Å². The summed E-state index contributed by atoms with van der Waals surface area (Å²) in [5, 5.41) is 3.99. The molecule has 5 aromatic rings. The second-order valence-corrected chi connectivity index (χ2v) is 12.1. The number of nitrogens with one attached hydrogen (secondary N) is 2. The van der Waals surface area contributed by atoms with Gasteiger partial charge in [0.25, 0.3) is 5.91 Å². The Morgan fingerprint density at radius 1 is 0.955 bits per heavy atom. The van der Waals surface area contributed by atoms with Crippen molar-refractivity contribution in [1.82, 2.24) is 24.8 Å². The Hall–Kier alpha value is -4.53. The minimum Gasteiger partial charge on any atom is -0.368 e. The van der Waals surface area contributed by atoms with Gasteiger partial charge in [0.15, 0.2) is 0 Å². The molecule has 1 saturated heterocycles. The summed E-state index contributed by atoms with van der Waals surface area (Å²) in [6.07, 6.45) is 2.48. The molecule has 1 amide bonds. The maximum Gasteiger partial charge on any atom is 0.255 e. The van der Waals surface area contributed by atoms with E-state index in [1.165, 1.54) is 24.0 Å². The number of piperazine rings is 1. The van der Waals surface area contributed by atoms with E-state index in [4.69, 9.17) is 5.73 Å². The van der Waals surface area contributed by atoms with E-state index in [0.29, 0.717) is 17.1 Å². The average Bonchev–Trinajstić information content (AvgIpc) is 3.81. The topological polar surface area (TPSA) is 103 Å². The number of H-pyrrole nitrogens is 1. The molecule has 3 heterocycles. The highest BCUT2D eigenvalue weighted by Crippen LogP contribution is 2.40. The number of rotatable bonds is 8. The fourth-order valence-electron chi connectivity index (χ4n) is 6.24. The van der Waals surface area contributed by atoms with Gasteiger partial charge >= 0.3 is 0 Å². The van der Waals surface area contributed by atoms with Crippen LogP contribution >= 0.6 is 0 Å². The van der Waals surface area contributed by atoms with E-state index < -0.39 is 0 Å². The van der Waals surface area contributed by atoms with Crippen LogP contribution in [0.25, 0.3) is 33.5 Å². The molecule has 2 fully saturated rings. The number of hydrogen-bond donors (Lipinski definition) is 3. The molecule has 1 aliphatic carbocycles. The SMILES string of the molecule is CCN1CCN(Cc2ccc(-c3cc4c(-c5cccc(NC(=O)c6ccc(C7CC7)cc6)c5C)nc(N)nc4[nH]3)cc2)CC1. The predicted molar refractivity (Wildman–Crippen MR) is 178 cm³/mol. The summed E-state index contributed by atoms with van der Waals surface area (Å²) in [4.78, 5) is 30.8. The quantitative estimate of drug-likeness (QED) is 0.193. The minimum atomic E-state index is -0.129. The summed E-state index contributed by atoms with van der Waals surface area (Å²) in [7, 11) is 0. The van der Waals surface area contributed by atoms with Gasteiger partial charge in [-0.05, 0) is 78.7 Å². The first-order chi connectivity index (χ1) is 21.4. The predicted octanol–water partition coefficient (Wildman–Crippen LogP) is 6.45. The fourth-order valence-corrected chi connectivity index (χ4v) is 6.24. The Morgan fingerprint density at radius 3 is 2.39 bits per heavy atom. The Kier molecular flexibility index (Phi) is 7.62. The molecule has 1 aliphatic heterocycles. The fraction of sp³-hybridized carbons (Fsp3) is 0.306. The van der Waals surface area contributed by atoms with Crippen LogP contribution in [0.3, 0.4) is 0 Å². The molecule has 0 bridgehead atoms. The van der Waals surface area contributed by atoms with Crippen molar-refractivity contribution in [3.63, 3.8) is 0 Å². The van der Waals surface area contributed by atoms with Crippen LogP contribution in [0.1, 0.15) is 52.7 Å². The molecule has 0 atom stereocenters. The van der Waals surface area contributed by atoms with Crippen LogP contribution in [0, 0.1) is 6.92 Å². The normalized spacial score (nSPS) is 16.0. The van der Waals surface area contributed by atoms with Gasteiger partial charge < -0.3 is 20.9 Å². The number of nitrogens with two attached hydrogens (primary N) is 1. The molecule has 4 N–H and O–H groups in total. The molecule has 2 aromatic heterocycles. The second kappa shape index (κ2) is 11.9. The number of likely N-dealkylation sites (N-methyl/N-ethyl adjacent to an activating group) is 1. The highest BCUT2D eigenvalue weighted by atomic mass is 16.1. The maximum absolute atomic E-state index is 13.1. The van der Waals surface area contributed by atoms with E-state index in [2.05, 4.69) is 79.5 Å². The van der Waals surface area contributed by atoms with Crippen LogP contribution in [-0.2, 0) is 6.54 Å². The number of carbonyl (C=O) groups excluding carboxylic acids is 1. The van der Waals surface area contributed by atoms with Crippen molar-refractivity contribution in [2.75, 3.05) is 43.8 Å². The largest absolute Gasteiger partial charge is 0.368 e. The van der Waals surface area contributed by atoms with Crippen LogP contribution in [0.4, 0.5) is 11.6 Å². The molecule has 0 radical (unpaired) electrons. The molecule has 2 aliphatic rings. The van der Waals surface area contributed by atoms with Crippen molar-refractivity contribution >= 4 is 28.6 Å². The summed E-state index contributed by atoms with van der Waals surface area (Å²) in [5.74, 6) is 0.730. The van der Waals surface area contributed by atoms with E-state index in [1.807, 2.05) is 37.3 Å². The van der Waals surface area contributed by atoms with E-state index in [1.54, 1.807) is 0 Å². The molecule has 0 spiro atoms. The zero-order valence-corrected chi connectivity index (χ0v) is 25.4. The third-order valence-electron chi connectivity index (χ3n) is 9.15. The number of aromatic amines is 1. The van der Waals surface area contributed by atoms with E-state index in [-0.39, 0.29) is 11.9 Å². The smallest absolute Gasteiger partial charge is 0.255 e. The number of aromatic nitrogens is 3. The molecule has 224 valence electrons. The van der Waals surface area contributed by atoms with Crippen molar-refractivity contribution in [1.29, 1.82) is 0 Å². The maximum atomic E-state index is 13.1. The highest BCUT2D eigenvalue weighted by Gasteiger charge is 2.23. The number of amides is 1. The summed E-state index contributed by atoms with van der Waals surface area (Å²) >= 11 is 0. The molecule has 7 rings (SSSR count). The number of anilines is 2. The number of carbonyl (C=O) groups is 1. The van der Waals surface area contributed by atoms with Crippen LogP contribution < -0.4 is 11.1 Å². The van der Waals surface area contributed by atoms with Crippen molar-refractivity contribution in [2.45, 2.75) is 39.2 Å². The van der Waals surface area contributed by atoms with Crippen molar-refractivity contribution in [2.24, 2.45) is 0 Å². The first kappa shape index (κ1) is 28.3. The zero-order chi connectivity index (χ0) is 30.2. The van der Waals surface area contributed by atoms with Gasteiger partial charge in [0.1, 0.15) is 5.65 Å². The molecular weight excluding hydrogens is 546 g/mol. The van der Waals surface area contributed by atoms with Crippen molar-refractivity contribution in [3.05, 3.63) is 95.1 Å². The van der Waals surface area contributed by atoms with Crippen LogP contribution in [0.2, 0.25) is 0 Å². The lowest BCUT2D eigenvalue weighted by atomic mass is 10.0. The second-order valence-electron chi connectivity index (χ2n) is 12.1. The monoisotopic (exact) mass is 585 g/mol. The lowest BCUT2D eigenvalue weighted by Gasteiger charge is -2.34. The van der Waals surface area contributed by atoms with Gasteiger partial charge in [-0.25, -0.2) is 4.98 Å².